The molecule has 3 rings (SSSR count). The number of aromatic nitrogens is 2. The number of carbonyl (C=O) groups excluding carboxylic acids is 1. The molecule has 3 aromatic rings. The number of carbonyl (C=O) groups is 1. The van der Waals surface area contributed by atoms with Crippen LogP contribution in [0.15, 0.2) is 53.3 Å². The fourth-order valence-corrected chi connectivity index (χ4v) is 3.80. The second kappa shape index (κ2) is 10.6. The van der Waals surface area contributed by atoms with Gasteiger partial charge in [-0.2, -0.15) is 0 Å². The van der Waals surface area contributed by atoms with Gasteiger partial charge in [-0.05, 0) is 61.2 Å². The summed E-state index contributed by atoms with van der Waals surface area (Å²) in [6.45, 7) is 6.47. The molecule has 1 aromatic heterocycles. The first kappa shape index (κ1) is 25.1. The molecule has 0 radical (unpaired) electrons. The second-order valence-electron chi connectivity index (χ2n) is 8.57. The van der Waals surface area contributed by atoms with Crippen LogP contribution in [0.4, 0.5) is 5.69 Å². The molecule has 0 saturated heterocycles. The number of benzene rings is 2. The molecule has 1 unspecified atom stereocenters. The highest BCUT2D eigenvalue weighted by molar-refractivity contribution is 6.31. The van der Waals surface area contributed by atoms with Crippen LogP contribution in [0.3, 0.4) is 0 Å². The van der Waals surface area contributed by atoms with E-state index in [1.807, 2.05) is 6.92 Å². The number of nitro benzene ring substituents is 1. The van der Waals surface area contributed by atoms with Crippen molar-refractivity contribution in [1.29, 1.82) is 0 Å². The van der Waals surface area contributed by atoms with Crippen molar-refractivity contribution in [2.45, 2.75) is 33.2 Å². The van der Waals surface area contributed by atoms with Crippen molar-refractivity contribution in [1.82, 2.24) is 14.5 Å². The fourth-order valence-electron chi connectivity index (χ4n) is 3.64. The molecule has 9 heteroatoms. The van der Waals surface area contributed by atoms with Crippen LogP contribution in [0, 0.1) is 16.0 Å². The van der Waals surface area contributed by atoms with Gasteiger partial charge in [0.15, 0.2) is 0 Å². The summed E-state index contributed by atoms with van der Waals surface area (Å²) in [5.41, 5.74) is 0.927. The predicted octanol–water partition coefficient (Wildman–Crippen LogP) is 5.14. The lowest BCUT2D eigenvalue weighted by molar-refractivity contribution is -0.384. The summed E-state index contributed by atoms with van der Waals surface area (Å²) in [7, 11) is 1.65. The van der Waals surface area contributed by atoms with Gasteiger partial charge in [0, 0.05) is 36.8 Å². The minimum atomic E-state index is -0.478. The molecule has 0 aliphatic rings. The van der Waals surface area contributed by atoms with Crippen LogP contribution in [-0.2, 0) is 11.8 Å². The van der Waals surface area contributed by atoms with Gasteiger partial charge < -0.3 is 4.90 Å². The van der Waals surface area contributed by atoms with E-state index in [1.54, 1.807) is 48.4 Å². The summed E-state index contributed by atoms with van der Waals surface area (Å²) in [4.78, 5) is 42.9. The van der Waals surface area contributed by atoms with Gasteiger partial charge in [0.1, 0.15) is 5.82 Å². The number of hydrogen-bond acceptors (Lipinski definition) is 5. The van der Waals surface area contributed by atoms with E-state index in [2.05, 4.69) is 18.8 Å². The highest BCUT2D eigenvalue weighted by Crippen LogP contribution is 2.23. The van der Waals surface area contributed by atoms with Crippen molar-refractivity contribution in [3.63, 3.8) is 0 Å². The Morgan fingerprint density at radius 2 is 1.88 bits per heavy atom. The molecule has 1 amide bonds. The first-order chi connectivity index (χ1) is 16.1. The van der Waals surface area contributed by atoms with E-state index in [1.165, 1.54) is 22.8 Å². The summed E-state index contributed by atoms with van der Waals surface area (Å²) in [5.74, 6) is 0.584. The Balaban J connectivity index is 1.95. The van der Waals surface area contributed by atoms with Crippen molar-refractivity contribution >= 4 is 40.2 Å². The van der Waals surface area contributed by atoms with E-state index >= 15 is 0 Å². The first-order valence-electron chi connectivity index (χ1n) is 11.0. The Labute approximate surface area is 202 Å². The number of hydrogen-bond donors (Lipinski definition) is 0. The summed E-state index contributed by atoms with van der Waals surface area (Å²) in [6.07, 6.45) is 3.83. The number of nitro groups is 1. The van der Waals surface area contributed by atoms with Gasteiger partial charge in [0.25, 0.3) is 11.2 Å². The van der Waals surface area contributed by atoms with Gasteiger partial charge in [-0.25, -0.2) is 4.98 Å². The number of nitrogens with zero attached hydrogens (tertiary/aromatic N) is 4. The third kappa shape index (κ3) is 5.69. The van der Waals surface area contributed by atoms with Gasteiger partial charge in [-0.3, -0.25) is 24.3 Å². The smallest absolute Gasteiger partial charge is 0.269 e. The molecule has 0 saturated carbocycles. The molecule has 0 spiro atoms. The SMILES string of the molecule is CC(C)CCN(C(=O)/C=C/c1ccc([N+](=O)[O-])cc1)C(C)c1nc2cc(Cl)ccc2c(=O)n1C. The summed E-state index contributed by atoms with van der Waals surface area (Å²) in [6, 6.07) is 10.4. The lowest BCUT2D eigenvalue weighted by Gasteiger charge is -2.29. The topological polar surface area (TPSA) is 98.3 Å². The van der Waals surface area contributed by atoms with Gasteiger partial charge in [-0.15, -0.1) is 0 Å². The van der Waals surface area contributed by atoms with Crippen molar-refractivity contribution in [2.75, 3.05) is 6.54 Å². The third-order valence-corrected chi connectivity index (χ3v) is 5.90. The third-order valence-electron chi connectivity index (χ3n) is 5.67. The van der Waals surface area contributed by atoms with Crippen LogP contribution < -0.4 is 5.56 Å². The normalized spacial score (nSPS) is 12.4. The van der Waals surface area contributed by atoms with E-state index < -0.39 is 11.0 Å². The molecule has 178 valence electrons. The molecule has 0 N–H and O–H groups in total. The Hall–Kier alpha value is -3.52. The quantitative estimate of drug-likeness (QED) is 0.251. The number of fused-ring (bicyclic) bond motifs is 1. The molecule has 0 aliphatic heterocycles. The van der Waals surface area contributed by atoms with Crippen molar-refractivity contribution < 1.29 is 9.72 Å². The average Bonchev–Trinajstić information content (AvgIpc) is 2.79. The van der Waals surface area contributed by atoms with Crippen LogP contribution in [0.1, 0.15) is 44.6 Å². The number of halogens is 1. The largest absolute Gasteiger partial charge is 0.329 e. The molecule has 0 fully saturated rings. The Bertz CT molecular complexity index is 1300. The van der Waals surface area contributed by atoms with Crippen molar-refractivity contribution in [2.24, 2.45) is 13.0 Å². The van der Waals surface area contributed by atoms with Gasteiger partial charge in [0.05, 0.1) is 21.9 Å². The fraction of sp³-hybridized carbons (Fsp3) is 0.320. The van der Waals surface area contributed by atoms with Crippen LogP contribution in [-0.4, -0.2) is 31.8 Å². The van der Waals surface area contributed by atoms with Crippen LogP contribution >= 0.6 is 11.6 Å². The van der Waals surface area contributed by atoms with E-state index in [-0.39, 0.29) is 17.2 Å². The van der Waals surface area contributed by atoms with Gasteiger partial charge in [0.2, 0.25) is 5.91 Å². The minimum Gasteiger partial charge on any atom is -0.329 e. The number of non-ortho nitro benzene ring substituents is 1. The number of amides is 1. The molecule has 0 aliphatic carbocycles. The maximum Gasteiger partial charge on any atom is 0.269 e. The standard InChI is InChI=1S/C25H27ClN4O4/c1-16(2)13-14-29(23(31)12-7-18-5-9-20(10-6-18)30(33)34)17(3)24-27-22-15-19(26)8-11-21(22)25(32)28(24)4/h5-12,15-17H,13-14H2,1-4H3/b12-7+. The highest BCUT2D eigenvalue weighted by Gasteiger charge is 2.24. The molecule has 1 heterocycles. The first-order valence-corrected chi connectivity index (χ1v) is 11.4. The highest BCUT2D eigenvalue weighted by atomic mass is 35.5. The maximum absolute atomic E-state index is 13.2. The zero-order chi connectivity index (χ0) is 25.0. The van der Waals surface area contributed by atoms with Crippen molar-refractivity contribution in [3.8, 4) is 0 Å². The predicted molar refractivity (Wildman–Crippen MR) is 134 cm³/mol. The van der Waals surface area contributed by atoms with E-state index in [0.717, 1.165) is 6.42 Å². The van der Waals surface area contributed by atoms with E-state index in [0.29, 0.717) is 39.8 Å². The Kier molecular flexibility index (Phi) is 7.83. The van der Waals surface area contributed by atoms with Crippen LogP contribution in [0.5, 0.6) is 0 Å². The zero-order valence-electron chi connectivity index (χ0n) is 19.6. The molecule has 1 atom stereocenters. The average molecular weight is 483 g/mol. The maximum atomic E-state index is 13.2. The molecule has 2 aromatic carbocycles. The monoisotopic (exact) mass is 482 g/mol. The minimum absolute atomic E-state index is 0.0148. The molecular formula is C25H27ClN4O4. The van der Waals surface area contributed by atoms with Crippen LogP contribution in [0.2, 0.25) is 5.02 Å². The number of rotatable bonds is 8. The molecule has 0 bridgehead atoms. The van der Waals surface area contributed by atoms with Crippen LogP contribution in [0.25, 0.3) is 17.0 Å². The Morgan fingerprint density at radius 3 is 2.50 bits per heavy atom. The van der Waals surface area contributed by atoms with Gasteiger partial charge in [-0.1, -0.05) is 25.4 Å². The van der Waals surface area contributed by atoms with E-state index in [4.69, 9.17) is 11.6 Å². The second-order valence-corrected chi connectivity index (χ2v) is 9.00. The lowest BCUT2D eigenvalue weighted by Crippen LogP contribution is -2.37. The van der Waals surface area contributed by atoms with Gasteiger partial charge >= 0.3 is 0 Å². The molecule has 8 nitrogen and oxygen atoms in total. The molecule has 34 heavy (non-hydrogen) atoms. The lowest BCUT2D eigenvalue weighted by atomic mass is 10.1. The Morgan fingerprint density at radius 1 is 1.21 bits per heavy atom. The van der Waals surface area contributed by atoms with Crippen molar-refractivity contribution in [3.05, 3.63) is 85.4 Å². The summed E-state index contributed by atoms with van der Waals surface area (Å²) in [5, 5.41) is 11.8. The van der Waals surface area contributed by atoms with E-state index in [9.17, 15) is 19.7 Å². The summed E-state index contributed by atoms with van der Waals surface area (Å²) >= 11 is 6.11. The summed E-state index contributed by atoms with van der Waals surface area (Å²) < 4.78 is 1.47. The zero-order valence-corrected chi connectivity index (χ0v) is 20.3. The molecular weight excluding hydrogens is 456 g/mol.